The monoisotopic (exact) mass is 416 g/mol. The first-order valence-electron chi connectivity index (χ1n) is 9.12. The Balaban J connectivity index is 1.80. The number of likely N-dealkylation sites (N-methyl/N-ethyl adjacent to an activating group) is 1. The number of sulfonamides is 1. The van der Waals surface area contributed by atoms with E-state index in [2.05, 4.69) is 10.6 Å². The summed E-state index contributed by atoms with van der Waals surface area (Å²) < 4.78 is 26.9. The molecule has 1 aliphatic rings. The highest BCUT2D eigenvalue weighted by atomic mass is 32.2. The van der Waals surface area contributed by atoms with Crippen LogP contribution >= 0.6 is 0 Å². The predicted octanol–water partition coefficient (Wildman–Crippen LogP) is 1.95. The largest absolute Gasteiger partial charge is 0.331 e. The molecule has 0 bridgehead atoms. The van der Waals surface area contributed by atoms with E-state index in [4.69, 9.17) is 0 Å². The number of benzene rings is 2. The van der Waals surface area contributed by atoms with Crippen molar-refractivity contribution in [1.29, 1.82) is 0 Å². The van der Waals surface area contributed by atoms with Crippen LogP contribution in [0.4, 0.5) is 10.5 Å². The zero-order chi connectivity index (χ0) is 21.2. The molecule has 154 valence electrons. The third-order valence-corrected chi connectivity index (χ3v) is 6.34. The quantitative estimate of drug-likeness (QED) is 0.750. The Morgan fingerprint density at radius 3 is 2.52 bits per heavy atom. The molecule has 3 amide bonds. The molecule has 1 heterocycles. The minimum Gasteiger partial charge on any atom is -0.328 e. The van der Waals surface area contributed by atoms with Crippen molar-refractivity contribution in [2.75, 3.05) is 32.5 Å². The molecule has 1 fully saturated rings. The van der Waals surface area contributed by atoms with Gasteiger partial charge >= 0.3 is 6.03 Å². The first-order chi connectivity index (χ1) is 13.7. The molecule has 0 spiro atoms. The van der Waals surface area contributed by atoms with Crippen LogP contribution in [-0.2, 0) is 14.8 Å². The first kappa shape index (κ1) is 20.8. The summed E-state index contributed by atoms with van der Waals surface area (Å²) in [5.41, 5.74) is 1.97. The molecule has 29 heavy (non-hydrogen) atoms. The second kappa shape index (κ2) is 8.22. The molecule has 0 saturated carbocycles. The van der Waals surface area contributed by atoms with E-state index in [1.807, 2.05) is 30.3 Å². The number of nitrogens with zero attached hydrogens (tertiary/aromatic N) is 2. The molecule has 3 rings (SSSR count). The van der Waals surface area contributed by atoms with Gasteiger partial charge in [0.1, 0.15) is 0 Å². The molecule has 1 atom stereocenters. The maximum absolute atomic E-state index is 13.0. The molecule has 2 aromatic carbocycles. The highest BCUT2D eigenvalue weighted by Crippen LogP contribution is 2.28. The lowest BCUT2D eigenvalue weighted by Gasteiger charge is -2.17. The fraction of sp³-hybridized carbons (Fsp3) is 0.300. The summed E-state index contributed by atoms with van der Waals surface area (Å²) in [5, 5.41) is 5.47. The number of carbonyl (C=O) groups excluding carboxylic acids is 2. The number of rotatable bonds is 6. The van der Waals surface area contributed by atoms with Gasteiger partial charge in [-0.3, -0.25) is 4.79 Å². The van der Waals surface area contributed by atoms with E-state index < -0.39 is 22.1 Å². The highest BCUT2D eigenvalue weighted by Gasteiger charge is 2.38. The molecule has 2 N–H and O–H groups in total. The molecule has 8 nitrogen and oxygen atoms in total. The molecule has 1 aliphatic heterocycles. The molecule has 0 aromatic heterocycles. The maximum Gasteiger partial charge on any atom is 0.331 e. The Labute approximate surface area is 170 Å². The van der Waals surface area contributed by atoms with Crippen LogP contribution in [0.2, 0.25) is 0 Å². The number of hydrogen-bond donors (Lipinski definition) is 2. The standard InChI is InChI=1S/C20H24N4O4S/c1-14-11-16(9-10-17(14)21-19(25)13-23(2)3)29(27,28)24-12-18(22-20(24)26)15-7-5-4-6-8-15/h4-11,18H,12-13H2,1-3H3,(H,21,25)(H,22,26)/t18-/m1/s1. The van der Waals surface area contributed by atoms with Crippen molar-refractivity contribution in [3.8, 4) is 0 Å². The van der Waals surface area contributed by atoms with Crippen LogP contribution in [0.3, 0.4) is 0 Å². The molecule has 1 saturated heterocycles. The lowest BCUT2D eigenvalue weighted by Crippen LogP contribution is -2.34. The number of hydrogen-bond acceptors (Lipinski definition) is 5. The number of anilines is 1. The second-order valence-electron chi connectivity index (χ2n) is 7.21. The van der Waals surface area contributed by atoms with E-state index in [0.717, 1.165) is 9.87 Å². The van der Waals surface area contributed by atoms with Gasteiger partial charge in [-0.2, -0.15) is 0 Å². The van der Waals surface area contributed by atoms with Gasteiger partial charge in [0, 0.05) is 5.69 Å². The van der Waals surface area contributed by atoms with E-state index in [-0.39, 0.29) is 23.9 Å². The lowest BCUT2D eigenvalue weighted by atomic mass is 10.1. The van der Waals surface area contributed by atoms with E-state index in [1.54, 1.807) is 32.0 Å². The third-order valence-electron chi connectivity index (χ3n) is 4.59. The van der Waals surface area contributed by atoms with Crippen molar-refractivity contribution in [3.05, 3.63) is 59.7 Å². The van der Waals surface area contributed by atoms with Crippen molar-refractivity contribution in [3.63, 3.8) is 0 Å². The van der Waals surface area contributed by atoms with Crippen LogP contribution in [-0.4, -0.2) is 56.7 Å². The Kier molecular flexibility index (Phi) is 5.90. The predicted molar refractivity (Wildman–Crippen MR) is 110 cm³/mol. The van der Waals surface area contributed by atoms with Crippen LogP contribution in [0.15, 0.2) is 53.4 Å². The zero-order valence-electron chi connectivity index (χ0n) is 16.5. The summed E-state index contributed by atoms with van der Waals surface area (Å²) in [5.74, 6) is -0.196. The number of carbonyl (C=O) groups is 2. The van der Waals surface area contributed by atoms with Crippen LogP contribution in [0, 0.1) is 6.92 Å². The molecular weight excluding hydrogens is 392 g/mol. The van der Waals surface area contributed by atoms with Crippen molar-refractivity contribution >= 4 is 27.6 Å². The maximum atomic E-state index is 13.0. The summed E-state index contributed by atoms with van der Waals surface area (Å²) in [6.45, 7) is 1.95. The number of urea groups is 1. The minimum atomic E-state index is -4.02. The van der Waals surface area contributed by atoms with Gasteiger partial charge in [0.2, 0.25) is 5.91 Å². The van der Waals surface area contributed by atoms with Crippen molar-refractivity contribution in [1.82, 2.24) is 14.5 Å². The van der Waals surface area contributed by atoms with E-state index in [9.17, 15) is 18.0 Å². The smallest absolute Gasteiger partial charge is 0.328 e. The molecule has 0 aliphatic carbocycles. The fourth-order valence-corrected chi connectivity index (χ4v) is 4.57. The van der Waals surface area contributed by atoms with Crippen molar-refractivity contribution in [2.45, 2.75) is 17.9 Å². The molecule has 0 radical (unpaired) electrons. The Hall–Kier alpha value is -2.91. The highest BCUT2D eigenvalue weighted by molar-refractivity contribution is 7.89. The van der Waals surface area contributed by atoms with Gasteiger partial charge in [0.25, 0.3) is 10.0 Å². The van der Waals surface area contributed by atoms with E-state index >= 15 is 0 Å². The van der Waals surface area contributed by atoms with E-state index in [0.29, 0.717) is 11.3 Å². The summed E-state index contributed by atoms with van der Waals surface area (Å²) in [4.78, 5) is 26.0. The van der Waals surface area contributed by atoms with Crippen LogP contribution in [0.1, 0.15) is 17.2 Å². The average Bonchev–Trinajstić information content (AvgIpc) is 3.06. The summed E-state index contributed by atoms with van der Waals surface area (Å²) >= 11 is 0. The van der Waals surface area contributed by atoms with Crippen LogP contribution in [0.25, 0.3) is 0 Å². The Bertz CT molecular complexity index is 1020. The normalized spacial score (nSPS) is 16.8. The lowest BCUT2D eigenvalue weighted by molar-refractivity contribution is -0.116. The minimum absolute atomic E-state index is 0.00414. The Morgan fingerprint density at radius 1 is 1.21 bits per heavy atom. The number of aryl methyl sites for hydroxylation is 1. The van der Waals surface area contributed by atoms with Gasteiger partial charge < -0.3 is 15.5 Å². The summed E-state index contributed by atoms with van der Waals surface area (Å²) in [7, 11) is -0.448. The topological polar surface area (TPSA) is 98.8 Å². The molecular formula is C20H24N4O4S. The van der Waals surface area contributed by atoms with Crippen molar-refractivity contribution in [2.24, 2.45) is 0 Å². The van der Waals surface area contributed by atoms with Gasteiger partial charge in [-0.25, -0.2) is 17.5 Å². The zero-order valence-corrected chi connectivity index (χ0v) is 17.4. The van der Waals surface area contributed by atoms with Crippen LogP contribution in [0.5, 0.6) is 0 Å². The molecule has 9 heteroatoms. The third kappa shape index (κ3) is 4.57. The number of nitrogens with one attached hydrogen (secondary N) is 2. The van der Waals surface area contributed by atoms with Gasteiger partial charge in [-0.15, -0.1) is 0 Å². The van der Waals surface area contributed by atoms with Gasteiger partial charge in [-0.05, 0) is 50.3 Å². The van der Waals surface area contributed by atoms with E-state index in [1.165, 1.54) is 12.1 Å². The summed E-state index contributed by atoms with van der Waals surface area (Å²) in [6.07, 6.45) is 0. The Morgan fingerprint density at radius 2 is 1.90 bits per heavy atom. The van der Waals surface area contributed by atoms with Gasteiger partial charge in [0.15, 0.2) is 0 Å². The fourth-order valence-electron chi connectivity index (χ4n) is 3.14. The SMILES string of the molecule is Cc1cc(S(=O)(=O)N2C[C@H](c3ccccc3)NC2=O)ccc1NC(=O)CN(C)C. The average molecular weight is 417 g/mol. The molecule has 0 unspecified atom stereocenters. The van der Waals surface area contributed by atoms with Crippen molar-refractivity contribution < 1.29 is 18.0 Å². The number of amides is 3. The van der Waals surface area contributed by atoms with Crippen LogP contribution < -0.4 is 10.6 Å². The summed E-state index contributed by atoms with van der Waals surface area (Å²) in [6, 6.07) is 12.6. The van der Waals surface area contributed by atoms with Gasteiger partial charge in [-0.1, -0.05) is 30.3 Å². The first-order valence-corrected chi connectivity index (χ1v) is 10.6. The molecule has 2 aromatic rings. The second-order valence-corrected chi connectivity index (χ2v) is 9.07. The van der Waals surface area contributed by atoms with Gasteiger partial charge in [0.05, 0.1) is 24.0 Å².